The summed E-state index contributed by atoms with van der Waals surface area (Å²) < 4.78 is 6.35. The van der Waals surface area contributed by atoms with Crippen LogP contribution in [0.5, 0.6) is 0 Å². The van der Waals surface area contributed by atoms with Gasteiger partial charge in [-0.25, -0.2) is 0 Å². The summed E-state index contributed by atoms with van der Waals surface area (Å²) in [5.41, 5.74) is 2.33. The molecule has 98 valence electrons. The summed E-state index contributed by atoms with van der Waals surface area (Å²) in [6.45, 7) is 5.16. The average molecular weight is 264 g/mol. The van der Waals surface area contributed by atoms with Gasteiger partial charge in [-0.1, -0.05) is 0 Å². The number of thiophene rings is 1. The van der Waals surface area contributed by atoms with Crippen molar-refractivity contribution < 1.29 is 4.74 Å². The zero-order chi connectivity index (χ0) is 13.0. The molecular weight excluding hydrogens is 244 g/mol. The van der Waals surface area contributed by atoms with Crippen molar-refractivity contribution in [3.63, 3.8) is 0 Å². The standard InChI is InChI=1S/C14H20N2OS/c1-10(4-6-17-3)16-11(2)12-8-14-13(15-9-12)5-7-18-14/h5,7-11,16H,4,6H2,1-3H3. The molecule has 0 bridgehead atoms. The number of pyridine rings is 1. The van der Waals surface area contributed by atoms with Crippen molar-refractivity contribution in [2.45, 2.75) is 32.4 Å². The Morgan fingerprint density at radius 3 is 3.06 bits per heavy atom. The highest BCUT2D eigenvalue weighted by Crippen LogP contribution is 2.22. The number of nitrogens with one attached hydrogen (secondary N) is 1. The van der Waals surface area contributed by atoms with Gasteiger partial charge >= 0.3 is 0 Å². The number of nitrogens with zero attached hydrogens (tertiary/aromatic N) is 1. The Morgan fingerprint density at radius 1 is 1.44 bits per heavy atom. The van der Waals surface area contributed by atoms with Gasteiger partial charge in [0.15, 0.2) is 0 Å². The minimum atomic E-state index is 0.316. The molecule has 0 aliphatic carbocycles. The molecule has 0 radical (unpaired) electrons. The van der Waals surface area contributed by atoms with E-state index in [1.165, 1.54) is 10.3 Å². The van der Waals surface area contributed by atoms with E-state index < -0.39 is 0 Å². The largest absolute Gasteiger partial charge is 0.385 e. The lowest BCUT2D eigenvalue weighted by Crippen LogP contribution is -2.29. The smallest absolute Gasteiger partial charge is 0.0809 e. The monoisotopic (exact) mass is 264 g/mol. The summed E-state index contributed by atoms with van der Waals surface area (Å²) >= 11 is 1.74. The first kappa shape index (κ1) is 13.5. The van der Waals surface area contributed by atoms with Gasteiger partial charge in [-0.15, -0.1) is 11.3 Å². The summed E-state index contributed by atoms with van der Waals surface area (Å²) in [6, 6.07) is 5.05. The Kier molecular flexibility index (Phi) is 4.69. The Morgan fingerprint density at radius 2 is 2.28 bits per heavy atom. The van der Waals surface area contributed by atoms with Gasteiger partial charge in [0.1, 0.15) is 0 Å². The molecule has 0 amide bonds. The molecule has 2 heterocycles. The second-order valence-electron chi connectivity index (χ2n) is 4.64. The van der Waals surface area contributed by atoms with E-state index in [0.717, 1.165) is 18.5 Å². The summed E-state index contributed by atoms with van der Waals surface area (Å²) in [5.74, 6) is 0. The van der Waals surface area contributed by atoms with Crippen LogP contribution in [0.25, 0.3) is 10.2 Å². The fourth-order valence-electron chi connectivity index (χ4n) is 2.00. The van der Waals surface area contributed by atoms with E-state index in [4.69, 9.17) is 4.74 Å². The van der Waals surface area contributed by atoms with Crippen LogP contribution in [0.4, 0.5) is 0 Å². The summed E-state index contributed by atoms with van der Waals surface area (Å²) in [5, 5.41) is 5.66. The van der Waals surface area contributed by atoms with E-state index >= 15 is 0 Å². The van der Waals surface area contributed by atoms with Crippen LogP contribution in [-0.4, -0.2) is 24.7 Å². The van der Waals surface area contributed by atoms with Gasteiger partial charge < -0.3 is 10.1 Å². The molecule has 1 N–H and O–H groups in total. The molecule has 2 aromatic heterocycles. The van der Waals surface area contributed by atoms with E-state index in [0.29, 0.717) is 12.1 Å². The maximum atomic E-state index is 5.10. The van der Waals surface area contributed by atoms with Crippen molar-refractivity contribution in [1.29, 1.82) is 0 Å². The maximum absolute atomic E-state index is 5.10. The van der Waals surface area contributed by atoms with Crippen molar-refractivity contribution in [2.75, 3.05) is 13.7 Å². The topological polar surface area (TPSA) is 34.1 Å². The van der Waals surface area contributed by atoms with Gasteiger partial charge in [-0.2, -0.15) is 0 Å². The predicted octanol–water partition coefficient (Wildman–Crippen LogP) is 3.37. The van der Waals surface area contributed by atoms with Crippen LogP contribution >= 0.6 is 11.3 Å². The molecule has 2 unspecified atom stereocenters. The van der Waals surface area contributed by atoms with Gasteiger partial charge in [0.2, 0.25) is 0 Å². The molecule has 0 saturated heterocycles. The SMILES string of the molecule is COCCC(C)NC(C)c1cnc2ccsc2c1. The van der Waals surface area contributed by atoms with Crippen LogP contribution in [0.15, 0.2) is 23.7 Å². The van der Waals surface area contributed by atoms with Gasteiger partial charge in [0.25, 0.3) is 0 Å². The number of ether oxygens (including phenoxy) is 1. The van der Waals surface area contributed by atoms with Crippen LogP contribution in [0.3, 0.4) is 0 Å². The molecule has 2 atom stereocenters. The lowest BCUT2D eigenvalue weighted by Gasteiger charge is -2.20. The zero-order valence-corrected chi connectivity index (χ0v) is 12.0. The maximum Gasteiger partial charge on any atom is 0.0809 e. The molecule has 2 rings (SSSR count). The summed E-state index contributed by atoms with van der Waals surface area (Å²) in [4.78, 5) is 4.48. The van der Waals surface area contributed by atoms with Gasteiger partial charge in [0, 0.05) is 32.0 Å². The van der Waals surface area contributed by atoms with Crippen LogP contribution < -0.4 is 5.32 Å². The number of aromatic nitrogens is 1. The number of methoxy groups -OCH3 is 1. The Balaban J connectivity index is 2.01. The summed E-state index contributed by atoms with van der Waals surface area (Å²) in [7, 11) is 1.74. The third-order valence-corrected chi connectivity index (χ3v) is 3.97. The van der Waals surface area contributed by atoms with Crippen LogP contribution in [0.2, 0.25) is 0 Å². The highest BCUT2D eigenvalue weighted by Gasteiger charge is 2.10. The third kappa shape index (κ3) is 3.28. The minimum absolute atomic E-state index is 0.316. The molecule has 0 spiro atoms. The highest BCUT2D eigenvalue weighted by atomic mass is 32.1. The van der Waals surface area contributed by atoms with E-state index in [1.807, 2.05) is 6.20 Å². The third-order valence-electron chi connectivity index (χ3n) is 3.11. The van der Waals surface area contributed by atoms with Crippen LogP contribution in [0.1, 0.15) is 31.9 Å². The molecular formula is C14H20N2OS. The molecule has 2 aromatic rings. The fourth-order valence-corrected chi connectivity index (χ4v) is 2.79. The molecule has 0 fully saturated rings. The lowest BCUT2D eigenvalue weighted by atomic mass is 10.1. The normalized spacial score (nSPS) is 14.8. The lowest BCUT2D eigenvalue weighted by molar-refractivity contribution is 0.183. The van der Waals surface area contributed by atoms with Crippen LogP contribution in [-0.2, 0) is 4.74 Å². The second-order valence-corrected chi connectivity index (χ2v) is 5.59. The zero-order valence-electron chi connectivity index (χ0n) is 11.1. The summed E-state index contributed by atoms with van der Waals surface area (Å²) in [6.07, 6.45) is 2.99. The molecule has 18 heavy (non-hydrogen) atoms. The van der Waals surface area contributed by atoms with E-state index in [1.54, 1.807) is 18.4 Å². The predicted molar refractivity (Wildman–Crippen MR) is 77.1 cm³/mol. The quantitative estimate of drug-likeness (QED) is 0.868. The molecule has 0 aliphatic heterocycles. The van der Waals surface area contributed by atoms with Crippen molar-refractivity contribution in [3.8, 4) is 0 Å². The first-order valence-electron chi connectivity index (χ1n) is 6.29. The van der Waals surface area contributed by atoms with Gasteiger partial charge in [0.05, 0.1) is 10.2 Å². The number of hydrogen-bond donors (Lipinski definition) is 1. The van der Waals surface area contributed by atoms with Crippen molar-refractivity contribution in [1.82, 2.24) is 10.3 Å². The Hall–Kier alpha value is -0.970. The molecule has 0 saturated carbocycles. The average Bonchev–Trinajstić information content (AvgIpc) is 2.83. The first-order chi connectivity index (χ1) is 8.70. The first-order valence-corrected chi connectivity index (χ1v) is 7.17. The van der Waals surface area contributed by atoms with Gasteiger partial charge in [-0.3, -0.25) is 4.98 Å². The minimum Gasteiger partial charge on any atom is -0.385 e. The van der Waals surface area contributed by atoms with Gasteiger partial charge in [-0.05, 0) is 43.3 Å². The molecule has 0 aromatic carbocycles. The number of fused-ring (bicyclic) bond motifs is 1. The molecule has 3 nitrogen and oxygen atoms in total. The molecule has 0 aliphatic rings. The van der Waals surface area contributed by atoms with Crippen molar-refractivity contribution >= 4 is 21.6 Å². The van der Waals surface area contributed by atoms with E-state index in [9.17, 15) is 0 Å². The highest BCUT2D eigenvalue weighted by molar-refractivity contribution is 7.17. The van der Waals surface area contributed by atoms with Crippen molar-refractivity contribution in [3.05, 3.63) is 29.3 Å². The number of hydrogen-bond acceptors (Lipinski definition) is 4. The van der Waals surface area contributed by atoms with E-state index in [-0.39, 0.29) is 0 Å². The van der Waals surface area contributed by atoms with Crippen molar-refractivity contribution in [2.24, 2.45) is 0 Å². The fraction of sp³-hybridized carbons (Fsp3) is 0.500. The second kappa shape index (κ2) is 6.27. The Labute approximate surface area is 112 Å². The van der Waals surface area contributed by atoms with E-state index in [2.05, 4.69) is 41.7 Å². The van der Waals surface area contributed by atoms with Crippen LogP contribution in [0, 0.1) is 0 Å². The Bertz CT molecular complexity index is 497. The number of rotatable bonds is 6. The molecule has 4 heteroatoms.